The topological polar surface area (TPSA) is 47.9 Å². The summed E-state index contributed by atoms with van der Waals surface area (Å²) < 4.78 is 15.5. The van der Waals surface area contributed by atoms with Crippen molar-refractivity contribution in [3.8, 4) is 0 Å². The number of hydrogen-bond donors (Lipinski definition) is 1. The molecule has 2 heterocycles. The summed E-state index contributed by atoms with van der Waals surface area (Å²) in [6.07, 6.45) is -0.298. The highest BCUT2D eigenvalue weighted by Crippen LogP contribution is 2.28. The zero-order chi connectivity index (χ0) is 7.84. The number of hydrogen-bond acceptors (Lipinski definition) is 4. The van der Waals surface area contributed by atoms with Gasteiger partial charge < -0.3 is 19.3 Å². The van der Waals surface area contributed by atoms with E-state index >= 15 is 0 Å². The predicted molar refractivity (Wildman–Crippen MR) is 36.0 cm³/mol. The van der Waals surface area contributed by atoms with Crippen LogP contribution in [0.15, 0.2) is 0 Å². The molecule has 0 aromatic carbocycles. The summed E-state index contributed by atoms with van der Waals surface area (Å²) in [5, 5.41) is 9.48. The van der Waals surface area contributed by atoms with Gasteiger partial charge in [-0.3, -0.25) is 0 Å². The van der Waals surface area contributed by atoms with Gasteiger partial charge in [0.05, 0.1) is 18.8 Å². The highest BCUT2D eigenvalue weighted by Gasteiger charge is 2.43. The van der Waals surface area contributed by atoms with Crippen LogP contribution in [0.2, 0.25) is 0 Å². The first-order chi connectivity index (χ1) is 5.31. The minimum Gasteiger partial charge on any atom is -0.385 e. The Labute approximate surface area is 65.1 Å². The minimum atomic E-state index is -0.626. The van der Waals surface area contributed by atoms with Crippen molar-refractivity contribution in [2.75, 3.05) is 13.7 Å². The van der Waals surface area contributed by atoms with Crippen LogP contribution in [0, 0.1) is 0 Å². The van der Waals surface area contributed by atoms with Crippen LogP contribution >= 0.6 is 0 Å². The smallest absolute Gasteiger partial charge is 0.186 e. The van der Waals surface area contributed by atoms with Crippen molar-refractivity contribution in [3.63, 3.8) is 0 Å². The van der Waals surface area contributed by atoms with E-state index in [1.165, 1.54) is 7.11 Å². The van der Waals surface area contributed by atoms with Crippen molar-refractivity contribution in [1.29, 1.82) is 0 Å². The maximum atomic E-state index is 9.48. The average Bonchev–Trinajstić information content (AvgIpc) is 2.42. The first-order valence-electron chi connectivity index (χ1n) is 3.79. The van der Waals surface area contributed by atoms with E-state index in [1.807, 2.05) is 0 Å². The van der Waals surface area contributed by atoms with Gasteiger partial charge in [-0.25, -0.2) is 0 Å². The predicted octanol–water partition coefficient (Wildman–Crippen LogP) is -0.493. The quantitative estimate of drug-likeness (QED) is 0.562. The molecule has 0 spiro atoms. The second-order valence-corrected chi connectivity index (χ2v) is 2.96. The Bertz CT molecular complexity index is 149. The number of methoxy groups -OCH3 is 1. The Morgan fingerprint density at radius 1 is 1.55 bits per heavy atom. The third-order valence-electron chi connectivity index (χ3n) is 2.21. The summed E-state index contributed by atoms with van der Waals surface area (Å²) in [4.78, 5) is 0. The highest BCUT2D eigenvalue weighted by molar-refractivity contribution is 4.87. The van der Waals surface area contributed by atoms with Gasteiger partial charge in [-0.1, -0.05) is 0 Å². The molecule has 64 valence electrons. The summed E-state index contributed by atoms with van der Waals surface area (Å²) >= 11 is 0. The lowest BCUT2D eigenvalue weighted by atomic mass is 10.1. The first kappa shape index (κ1) is 7.49. The average molecular weight is 160 g/mol. The second kappa shape index (κ2) is 2.71. The van der Waals surface area contributed by atoms with E-state index in [0.29, 0.717) is 6.61 Å². The van der Waals surface area contributed by atoms with Crippen molar-refractivity contribution in [2.24, 2.45) is 0 Å². The van der Waals surface area contributed by atoms with Gasteiger partial charge in [0.1, 0.15) is 6.10 Å². The minimum absolute atomic E-state index is 0.0845. The first-order valence-corrected chi connectivity index (χ1v) is 3.79. The zero-order valence-corrected chi connectivity index (χ0v) is 6.40. The van der Waals surface area contributed by atoms with Gasteiger partial charge in [0.2, 0.25) is 0 Å². The van der Waals surface area contributed by atoms with Gasteiger partial charge in [-0.05, 0) is 0 Å². The van der Waals surface area contributed by atoms with Crippen LogP contribution in [0.25, 0.3) is 0 Å². The van der Waals surface area contributed by atoms with Gasteiger partial charge in [-0.15, -0.1) is 0 Å². The number of fused-ring (bicyclic) bond motifs is 2. The van der Waals surface area contributed by atoms with Crippen LogP contribution in [-0.2, 0) is 14.2 Å². The largest absolute Gasteiger partial charge is 0.385 e. The van der Waals surface area contributed by atoms with Crippen molar-refractivity contribution in [3.05, 3.63) is 0 Å². The molecule has 11 heavy (non-hydrogen) atoms. The lowest BCUT2D eigenvalue weighted by Gasteiger charge is -2.30. The normalized spacial score (nSPS) is 49.6. The third kappa shape index (κ3) is 1.16. The van der Waals surface area contributed by atoms with Crippen molar-refractivity contribution in [1.82, 2.24) is 0 Å². The summed E-state index contributed by atoms with van der Waals surface area (Å²) in [5.74, 6) is 0. The number of aliphatic hydroxyl groups is 1. The molecule has 2 aliphatic rings. The molecule has 0 amide bonds. The molecule has 2 aliphatic heterocycles. The van der Waals surface area contributed by atoms with Crippen molar-refractivity contribution in [2.45, 2.75) is 31.0 Å². The van der Waals surface area contributed by atoms with Gasteiger partial charge in [0.15, 0.2) is 6.29 Å². The van der Waals surface area contributed by atoms with Crippen LogP contribution in [0.1, 0.15) is 6.42 Å². The lowest BCUT2D eigenvalue weighted by molar-refractivity contribution is -0.225. The molecule has 2 rings (SSSR count). The fraction of sp³-hybridized carbons (Fsp3) is 1.00. The lowest BCUT2D eigenvalue weighted by Crippen LogP contribution is -2.45. The standard InChI is InChI=1S/C7H12O4/c1-9-7-6(8)5-2-4(11-7)3-10-5/h4-8H,2-3H2,1H3. The monoisotopic (exact) mass is 160 g/mol. The summed E-state index contributed by atoms with van der Waals surface area (Å²) in [6.45, 7) is 0.585. The van der Waals surface area contributed by atoms with Crippen LogP contribution in [0.4, 0.5) is 0 Å². The Hall–Kier alpha value is -0.160. The molecule has 4 heteroatoms. The molecular formula is C7H12O4. The SMILES string of the molecule is COC1OC2COC(C2)C1O. The van der Waals surface area contributed by atoms with Gasteiger partial charge >= 0.3 is 0 Å². The summed E-state index contributed by atoms with van der Waals surface area (Å²) in [6, 6.07) is 0. The van der Waals surface area contributed by atoms with Crippen molar-refractivity contribution < 1.29 is 19.3 Å². The molecule has 0 aromatic rings. The van der Waals surface area contributed by atoms with Crippen molar-refractivity contribution >= 4 is 0 Å². The molecule has 4 unspecified atom stereocenters. The van der Waals surface area contributed by atoms with Crippen LogP contribution in [0.5, 0.6) is 0 Å². The number of ether oxygens (including phenoxy) is 3. The Morgan fingerprint density at radius 2 is 2.36 bits per heavy atom. The maximum absolute atomic E-state index is 9.48. The van der Waals surface area contributed by atoms with Crippen LogP contribution in [-0.4, -0.2) is 43.4 Å². The van der Waals surface area contributed by atoms with Crippen LogP contribution < -0.4 is 0 Å². The van der Waals surface area contributed by atoms with Gasteiger partial charge in [0.25, 0.3) is 0 Å². The summed E-state index contributed by atoms with van der Waals surface area (Å²) in [5.41, 5.74) is 0. The van der Waals surface area contributed by atoms with E-state index in [4.69, 9.17) is 14.2 Å². The number of aliphatic hydroxyl groups excluding tert-OH is 1. The Kier molecular flexibility index (Phi) is 1.85. The second-order valence-electron chi connectivity index (χ2n) is 2.96. The Balaban J connectivity index is 2.05. The molecule has 1 N–H and O–H groups in total. The molecule has 2 fully saturated rings. The molecule has 4 atom stereocenters. The third-order valence-corrected chi connectivity index (χ3v) is 2.21. The molecule has 0 saturated carbocycles. The Morgan fingerprint density at radius 3 is 3.09 bits per heavy atom. The van der Waals surface area contributed by atoms with E-state index in [0.717, 1.165) is 6.42 Å². The van der Waals surface area contributed by atoms with Gasteiger partial charge in [-0.2, -0.15) is 0 Å². The molecule has 2 bridgehead atoms. The fourth-order valence-electron chi connectivity index (χ4n) is 1.60. The summed E-state index contributed by atoms with van der Waals surface area (Å²) in [7, 11) is 1.53. The van der Waals surface area contributed by atoms with E-state index in [9.17, 15) is 5.11 Å². The molecule has 0 aromatic heterocycles. The van der Waals surface area contributed by atoms with E-state index < -0.39 is 12.4 Å². The molecule has 4 nitrogen and oxygen atoms in total. The maximum Gasteiger partial charge on any atom is 0.186 e. The molecular weight excluding hydrogens is 148 g/mol. The van der Waals surface area contributed by atoms with E-state index in [2.05, 4.69) is 0 Å². The highest BCUT2D eigenvalue weighted by atomic mass is 16.7. The molecule has 2 saturated heterocycles. The van der Waals surface area contributed by atoms with E-state index in [1.54, 1.807) is 0 Å². The molecule has 0 aliphatic carbocycles. The van der Waals surface area contributed by atoms with E-state index in [-0.39, 0.29) is 12.2 Å². The van der Waals surface area contributed by atoms with Gasteiger partial charge in [0, 0.05) is 13.5 Å². The van der Waals surface area contributed by atoms with Crippen LogP contribution in [0.3, 0.4) is 0 Å². The number of rotatable bonds is 1. The fourth-order valence-corrected chi connectivity index (χ4v) is 1.60. The zero-order valence-electron chi connectivity index (χ0n) is 6.40. The molecule has 0 radical (unpaired) electrons.